The molecule has 2 aliphatic heterocycles. The van der Waals surface area contributed by atoms with Crippen molar-refractivity contribution in [3.8, 4) is 5.75 Å². The quantitative estimate of drug-likeness (QED) is 0.807. The molecule has 1 unspecified atom stereocenters. The third kappa shape index (κ3) is 4.56. The third-order valence-corrected chi connectivity index (χ3v) is 5.66. The van der Waals surface area contributed by atoms with E-state index in [-0.39, 0.29) is 12.6 Å². The molecule has 2 heterocycles. The molecule has 2 aliphatic rings. The van der Waals surface area contributed by atoms with Crippen LogP contribution in [0.2, 0.25) is 10.0 Å². The Kier molecular flexibility index (Phi) is 6.25. The van der Waals surface area contributed by atoms with Crippen LogP contribution in [-0.2, 0) is 9.53 Å². The number of hydrogen-bond acceptors (Lipinski definition) is 3. The number of rotatable bonds is 5. The van der Waals surface area contributed by atoms with Crippen molar-refractivity contribution in [2.75, 3.05) is 26.3 Å². The maximum absolute atomic E-state index is 12.0. The summed E-state index contributed by atoms with van der Waals surface area (Å²) in [6.07, 6.45) is 6.27. The van der Waals surface area contributed by atoms with Gasteiger partial charge < -0.3 is 14.4 Å². The first-order chi connectivity index (χ1) is 11.6. The van der Waals surface area contributed by atoms with E-state index >= 15 is 0 Å². The number of esters is 1. The van der Waals surface area contributed by atoms with Crippen molar-refractivity contribution in [1.82, 2.24) is 0 Å². The summed E-state index contributed by atoms with van der Waals surface area (Å²) < 4.78 is 10.9. The lowest BCUT2D eigenvalue weighted by Gasteiger charge is -2.40. The first kappa shape index (κ1) is 17.8. The van der Waals surface area contributed by atoms with Gasteiger partial charge in [0, 0.05) is 10.9 Å². The first-order valence-corrected chi connectivity index (χ1v) is 9.47. The maximum Gasteiger partial charge on any atom is 0.344 e. The minimum Gasteiger partial charge on any atom is -0.480 e. The highest BCUT2D eigenvalue weighted by Crippen LogP contribution is 2.27. The van der Waals surface area contributed by atoms with E-state index in [2.05, 4.69) is 0 Å². The van der Waals surface area contributed by atoms with E-state index in [0.717, 1.165) is 6.42 Å². The Morgan fingerprint density at radius 3 is 2.83 bits per heavy atom. The highest BCUT2D eigenvalue weighted by molar-refractivity contribution is 6.35. The number of fused-ring (bicyclic) bond motifs is 1. The Morgan fingerprint density at radius 2 is 2.00 bits per heavy atom. The van der Waals surface area contributed by atoms with Gasteiger partial charge in [-0.05, 0) is 50.3 Å². The Balaban J connectivity index is 1.45. The van der Waals surface area contributed by atoms with Crippen molar-refractivity contribution in [2.24, 2.45) is 5.92 Å². The van der Waals surface area contributed by atoms with Gasteiger partial charge in [0.1, 0.15) is 5.75 Å². The average molecular weight is 373 g/mol. The molecule has 3 rings (SSSR count). The number of halogens is 2. The molecule has 0 aliphatic carbocycles. The monoisotopic (exact) mass is 372 g/mol. The van der Waals surface area contributed by atoms with E-state index < -0.39 is 0 Å². The van der Waals surface area contributed by atoms with Crippen molar-refractivity contribution in [3.63, 3.8) is 0 Å². The van der Waals surface area contributed by atoms with Gasteiger partial charge in [0.2, 0.25) is 0 Å². The Morgan fingerprint density at radius 1 is 1.17 bits per heavy atom. The molecular weight excluding hydrogens is 349 g/mol. The molecule has 0 saturated carbocycles. The number of carbonyl (C=O) groups is 1. The van der Waals surface area contributed by atoms with Gasteiger partial charge in [-0.15, -0.1) is 0 Å². The minimum absolute atomic E-state index is 0.130. The third-order valence-electron chi connectivity index (χ3n) is 5.13. The van der Waals surface area contributed by atoms with Crippen molar-refractivity contribution >= 4 is 29.2 Å². The molecule has 0 radical (unpaired) electrons. The zero-order valence-electron chi connectivity index (χ0n) is 13.7. The molecule has 3 atom stereocenters. The summed E-state index contributed by atoms with van der Waals surface area (Å²) in [6, 6.07) is 5.58. The fourth-order valence-corrected chi connectivity index (χ4v) is 4.41. The van der Waals surface area contributed by atoms with E-state index in [1.165, 1.54) is 38.8 Å². The molecule has 132 valence electrons. The molecule has 1 aromatic carbocycles. The van der Waals surface area contributed by atoms with Crippen molar-refractivity contribution in [2.45, 2.75) is 38.1 Å². The predicted octanol–water partition coefficient (Wildman–Crippen LogP) is 2.76. The van der Waals surface area contributed by atoms with Gasteiger partial charge in [0.25, 0.3) is 0 Å². The van der Waals surface area contributed by atoms with Crippen molar-refractivity contribution in [1.29, 1.82) is 0 Å². The maximum atomic E-state index is 12.0. The van der Waals surface area contributed by atoms with Crippen LogP contribution in [0.3, 0.4) is 0 Å². The Bertz CT molecular complexity index is 579. The summed E-state index contributed by atoms with van der Waals surface area (Å²) in [4.78, 5) is 13.7. The van der Waals surface area contributed by atoms with Gasteiger partial charge in [-0.3, -0.25) is 0 Å². The molecule has 2 fully saturated rings. The Hall–Kier alpha value is -0.970. The molecule has 0 bridgehead atoms. The normalized spacial score (nSPS) is 26.5. The predicted molar refractivity (Wildman–Crippen MR) is 94.0 cm³/mol. The van der Waals surface area contributed by atoms with Gasteiger partial charge in [-0.25, -0.2) is 4.79 Å². The molecule has 0 aromatic heterocycles. The molecular formula is C18H24Cl2NO3+. The number of quaternary nitrogens is 1. The smallest absolute Gasteiger partial charge is 0.344 e. The van der Waals surface area contributed by atoms with Gasteiger partial charge >= 0.3 is 5.97 Å². The van der Waals surface area contributed by atoms with Crippen molar-refractivity contribution in [3.05, 3.63) is 28.2 Å². The summed E-state index contributed by atoms with van der Waals surface area (Å²) in [5, 5.41) is 0.927. The van der Waals surface area contributed by atoms with Gasteiger partial charge in [0.15, 0.2) is 6.61 Å². The SMILES string of the molecule is O=C(COc1ccc(Cl)cc1Cl)OC[C@@H]1CCC[NH+]2CCCC[C@H]12. The molecule has 2 saturated heterocycles. The summed E-state index contributed by atoms with van der Waals surface area (Å²) in [7, 11) is 0. The van der Waals surface area contributed by atoms with Crippen LogP contribution in [-0.4, -0.2) is 38.3 Å². The summed E-state index contributed by atoms with van der Waals surface area (Å²) >= 11 is 11.9. The second-order valence-corrected chi connectivity index (χ2v) is 7.55. The zero-order chi connectivity index (χ0) is 16.9. The van der Waals surface area contributed by atoms with Gasteiger partial charge in [-0.1, -0.05) is 23.2 Å². The molecule has 0 amide bonds. The van der Waals surface area contributed by atoms with Crippen molar-refractivity contribution < 1.29 is 19.2 Å². The standard InChI is InChI=1S/C18H23Cl2NO3/c19-14-6-7-17(15(20)10-14)23-12-18(22)24-11-13-4-3-9-21-8-2-1-5-16(13)21/h6-7,10,13,16H,1-5,8-9,11-12H2/p+1/t13-,16+/m0/s1. The lowest BCUT2D eigenvalue weighted by molar-refractivity contribution is -0.940. The fourth-order valence-electron chi connectivity index (χ4n) is 3.95. The van der Waals surface area contributed by atoms with E-state index in [0.29, 0.717) is 34.4 Å². The molecule has 1 aromatic rings. The highest BCUT2D eigenvalue weighted by atomic mass is 35.5. The number of nitrogens with one attached hydrogen (secondary N) is 1. The average Bonchev–Trinajstić information content (AvgIpc) is 2.59. The lowest BCUT2D eigenvalue weighted by atomic mass is 9.84. The van der Waals surface area contributed by atoms with Crippen LogP contribution in [0.1, 0.15) is 32.1 Å². The molecule has 6 heteroatoms. The summed E-state index contributed by atoms with van der Waals surface area (Å²) in [6.45, 7) is 2.92. The zero-order valence-corrected chi connectivity index (χ0v) is 15.2. The molecule has 1 N–H and O–H groups in total. The largest absolute Gasteiger partial charge is 0.480 e. The number of hydrogen-bond donors (Lipinski definition) is 1. The first-order valence-electron chi connectivity index (χ1n) is 8.71. The summed E-state index contributed by atoms with van der Waals surface area (Å²) in [5.74, 6) is 0.583. The minimum atomic E-state index is -0.344. The highest BCUT2D eigenvalue weighted by Gasteiger charge is 2.37. The number of ether oxygens (including phenoxy) is 2. The fraction of sp³-hybridized carbons (Fsp3) is 0.611. The van der Waals surface area contributed by atoms with Crippen LogP contribution in [0, 0.1) is 5.92 Å². The van der Waals surface area contributed by atoms with Crippen LogP contribution in [0.25, 0.3) is 0 Å². The van der Waals surface area contributed by atoms with E-state index in [1.54, 1.807) is 23.1 Å². The molecule has 24 heavy (non-hydrogen) atoms. The van der Waals surface area contributed by atoms with Crippen LogP contribution in [0.4, 0.5) is 0 Å². The van der Waals surface area contributed by atoms with Gasteiger partial charge in [0.05, 0.1) is 30.8 Å². The van der Waals surface area contributed by atoms with Crippen LogP contribution in [0.5, 0.6) is 5.75 Å². The van der Waals surface area contributed by atoms with E-state index in [9.17, 15) is 4.79 Å². The number of carbonyl (C=O) groups excluding carboxylic acids is 1. The Labute approximate surface area is 153 Å². The lowest BCUT2D eigenvalue weighted by Crippen LogP contribution is -3.18. The molecule has 4 nitrogen and oxygen atoms in total. The number of benzene rings is 1. The second kappa shape index (κ2) is 8.41. The van der Waals surface area contributed by atoms with Crippen LogP contribution >= 0.6 is 23.2 Å². The van der Waals surface area contributed by atoms with Crippen LogP contribution < -0.4 is 9.64 Å². The number of piperidine rings is 2. The van der Waals surface area contributed by atoms with Crippen LogP contribution in [0.15, 0.2) is 18.2 Å². The van der Waals surface area contributed by atoms with E-state index in [1.807, 2.05) is 0 Å². The molecule has 0 spiro atoms. The van der Waals surface area contributed by atoms with Gasteiger partial charge in [-0.2, -0.15) is 0 Å². The summed E-state index contributed by atoms with van der Waals surface area (Å²) in [5.41, 5.74) is 0. The second-order valence-electron chi connectivity index (χ2n) is 6.71. The topological polar surface area (TPSA) is 40.0 Å². The van der Waals surface area contributed by atoms with E-state index in [4.69, 9.17) is 32.7 Å².